The van der Waals surface area contributed by atoms with Crippen molar-refractivity contribution in [3.05, 3.63) is 35.9 Å². The minimum absolute atomic E-state index is 0.00569. The van der Waals surface area contributed by atoms with E-state index in [-0.39, 0.29) is 29.1 Å². The van der Waals surface area contributed by atoms with Gasteiger partial charge in [-0.15, -0.1) is 0 Å². The first-order valence-corrected chi connectivity index (χ1v) is 6.73. The summed E-state index contributed by atoms with van der Waals surface area (Å²) in [5, 5.41) is 0. The van der Waals surface area contributed by atoms with Gasteiger partial charge in [0.25, 0.3) is 0 Å². The van der Waals surface area contributed by atoms with Crippen molar-refractivity contribution in [1.29, 1.82) is 0 Å². The molecule has 1 aromatic carbocycles. The maximum atomic E-state index is 12.5. The molecule has 1 saturated carbocycles. The van der Waals surface area contributed by atoms with E-state index in [0.29, 0.717) is 0 Å². The molecular weight excluding hydrogens is 238 g/mol. The van der Waals surface area contributed by atoms with Crippen LogP contribution in [0.1, 0.15) is 33.3 Å². The quantitative estimate of drug-likeness (QED) is 0.724. The van der Waals surface area contributed by atoms with Gasteiger partial charge in [-0.2, -0.15) is 0 Å². The lowest BCUT2D eigenvalue weighted by Gasteiger charge is -2.33. The monoisotopic (exact) mass is 257 g/mol. The van der Waals surface area contributed by atoms with E-state index in [1.807, 2.05) is 58.0 Å². The molecule has 0 N–H and O–H groups in total. The topological polar surface area (TPSA) is 37.4 Å². The summed E-state index contributed by atoms with van der Waals surface area (Å²) in [5.74, 6) is -0.342. The molecule has 1 aliphatic heterocycles. The van der Waals surface area contributed by atoms with Crippen molar-refractivity contribution in [3.8, 4) is 0 Å². The highest BCUT2D eigenvalue weighted by molar-refractivity contribution is 6.12. The molecule has 2 fully saturated rings. The number of likely N-dealkylation sites (tertiary alicyclic amines) is 1. The summed E-state index contributed by atoms with van der Waals surface area (Å²) in [4.78, 5) is 26.4. The number of nitrogens with zero attached hydrogens (tertiary/aromatic N) is 1. The highest BCUT2D eigenvalue weighted by Gasteiger charge is 2.76. The number of amides is 2. The molecule has 0 aromatic heterocycles. The fourth-order valence-corrected chi connectivity index (χ4v) is 3.52. The average molecular weight is 257 g/mol. The van der Waals surface area contributed by atoms with Gasteiger partial charge < -0.3 is 0 Å². The normalized spacial score (nSPS) is 33.6. The van der Waals surface area contributed by atoms with E-state index in [1.165, 1.54) is 4.90 Å². The molecule has 100 valence electrons. The Labute approximate surface area is 113 Å². The van der Waals surface area contributed by atoms with Crippen LogP contribution >= 0.6 is 0 Å². The van der Waals surface area contributed by atoms with Crippen molar-refractivity contribution in [3.63, 3.8) is 0 Å². The van der Waals surface area contributed by atoms with Crippen molar-refractivity contribution >= 4 is 11.8 Å². The predicted octanol–water partition coefficient (Wildman–Crippen LogP) is 2.36. The third kappa shape index (κ3) is 1.44. The van der Waals surface area contributed by atoms with Crippen LogP contribution in [-0.2, 0) is 15.0 Å². The Morgan fingerprint density at radius 3 is 1.89 bits per heavy atom. The number of carbonyl (C=O) groups is 2. The smallest absolute Gasteiger partial charge is 0.234 e. The Balaban J connectivity index is 1.96. The fraction of sp³-hybridized carbons (Fsp3) is 0.500. The van der Waals surface area contributed by atoms with Crippen LogP contribution in [0.5, 0.6) is 0 Å². The van der Waals surface area contributed by atoms with Gasteiger partial charge in [0.05, 0.1) is 11.8 Å². The van der Waals surface area contributed by atoms with Gasteiger partial charge in [-0.1, -0.05) is 37.3 Å². The number of benzene rings is 1. The number of rotatable bonds is 1. The Hall–Kier alpha value is -1.64. The minimum Gasteiger partial charge on any atom is -0.277 e. The summed E-state index contributed by atoms with van der Waals surface area (Å²) in [6.45, 7) is 7.77. The first kappa shape index (κ1) is 12.4. The molecule has 0 spiro atoms. The minimum atomic E-state index is -0.417. The van der Waals surface area contributed by atoms with E-state index in [0.717, 1.165) is 5.56 Å². The lowest BCUT2D eigenvalue weighted by molar-refractivity contribution is -0.147. The van der Waals surface area contributed by atoms with E-state index >= 15 is 0 Å². The van der Waals surface area contributed by atoms with E-state index in [9.17, 15) is 9.59 Å². The fourth-order valence-electron chi connectivity index (χ4n) is 3.52. The summed E-state index contributed by atoms with van der Waals surface area (Å²) >= 11 is 0. The van der Waals surface area contributed by atoms with Crippen molar-refractivity contribution in [1.82, 2.24) is 4.90 Å². The summed E-state index contributed by atoms with van der Waals surface area (Å²) in [6, 6.07) is 9.91. The summed E-state index contributed by atoms with van der Waals surface area (Å²) in [6.07, 6.45) is 0. The van der Waals surface area contributed by atoms with Gasteiger partial charge >= 0.3 is 0 Å². The lowest BCUT2D eigenvalue weighted by Crippen LogP contribution is -2.49. The zero-order valence-electron chi connectivity index (χ0n) is 11.8. The van der Waals surface area contributed by atoms with Crippen LogP contribution in [0.15, 0.2) is 30.3 Å². The van der Waals surface area contributed by atoms with Crippen molar-refractivity contribution < 1.29 is 9.59 Å². The first-order chi connectivity index (χ1) is 8.79. The number of fused-ring (bicyclic) bond motifs is 1. The second kappa shape index (κ2) is 3.47. The molecule has 1 aromatic rings. The molecule has 19 heavy (non-hydrogen) atoms. The van der Waals surface area contributed by atoms with Crippen molar-refractivity contribution in [2.45, 2.75) is 38.6 Å². The molecular formula is C16H19NO2. The highest BCUT2D eigenvalue weighted by atomic mass is 16.2. The summed E-state index contributed by atoms with van der Waals surface area (Å²) in [5.41, 5.74) is 0.386. The summed E-state index contributed by atoms with van der Waals surface area (Å²) < 4.78 is 0. The van der Waals surface area contributed by atoms with Crippen LogP contribution in [0.3, 0.4) is 0 Å². The standard InChI is InChI=1S/C16H19NO2/c1-15(2,3)17-13(18)11-12(14(17)19)16(11,4)10-8-6-5-7-9-10/h5-9,11-12H,1-4H3/t11-,12+,16?. The highest BCUT2D eigenvalue weighted by Crippen LogP contribution is 2.65. The number of piperidine rings is 1. The molecule has 1 saturated heterocycles. The average Bonchev–Trinajstić information content (AvgIpc) is 2.86. The molecule has 0 bridgehead atoms. The maximum Gasteiger partial charge on any atom is 0.234 e. The number of imide groups is 1. The predicted molar refractivity (Wildman–Crippen MR) is 72.4 cm³/mol. The lowest BCUT2D eigenvalue weighted by atomic mass is 9.91. The molecule has 1 heterocycles. The van der Waals surface area contributed by atoms with Gasteiger partial charge in [0.1, 0.15) is 0 Å². The largest absolute Gasteiger partial charge is 0.277 e. The third-order valence-electron chi connectivity index (χ3n) is 4.56. The molecule has 2 amide bonds. The Bertz CT molecular complexity index is 534. The van der Waals surface area contributed by atoms with Gasteiger partial charge in [0.15, 0.2) is 0 Å². The van der Waals surface area contributed by atoms with E-state index < -0.39 is 5.54 Å². The van der Waals surface area contributed by atoms with Gasteiger partial charge in [-0.25, -0.2) is 0 Å². The number of hydrogen-bond acceptors (Lipinski definition) is 2. The van der Waals surface area contributed by atoms with Crippen molar-refractivity contribution in [2.75, 3.05) is 0 Å². The molecule has 3 rings (SSSR count). The van der Waals surface area contributed by atoms with Crippen LogP contribution < -0.4 is 0 Å². The molecule has 1 aliphatic carbocycles. The van der Waals surface area contributed by atoms with Crippen molar-refractivity contribution in [2.24, 2.45) is 11.8 Å². The number of hydrogen-bond donors (Lipinski definition) is 0. The Morgan fingerprint density at radius 1 is 1.00 bits per heavy atom. The Morgan fingerprint density at radius 2 is 1.47 bits per heavy atom. The van der Waals surface area contributed by atoms with Crippen LogP contribution in [0.4, 0.5) is 0 Å². The molecule has 3 heteroatoms. The van der Waals surface area contributed by atoms with Gasteiger partial charge in [-0.05, 0) is 26.3 Å². The molecule has 1 unspecified atom stereocenters. The molecule has 3 atom stereocenters. The maximum absolute atomic E-state index is 12.5. The van der Waals surface area contributed by atoms with Crippen LogP contribution in [0, 0.1) is 11.8 Å². The zero-order chi connectivity index (χ0) is 14.0. The van der Waals surface area contributed by atoms with E-state index in [2.05, 4.69) is 0 Å². The Kier molecular flexibility index (Phi) is 2.26. The SMILES string of the molecule is CC1(c2ccccc2)[C@@H]2C(=O)N(C(C)(C)C)C(=O)[C@@H]21. The summed E-state index contributed by atoms with van der Waals surface area (Å²) in [7, 11) is 0. The third-order valence-corrected chi connectivity index (χ3v) is 4.56. The van der Waals surface area contributed by atoms with Gasteiger partial charge in [0, 0.05) is 11.0 Å². The molecule has 2 aliphatic rings. The molecule has 3 nitrogen and oxygen atoms in total. The van der Waals surface area contributed by atoms with Gasteiger partial charge in [-0.3, -0.25) is 14.5 Å². The van der Waals surface area contributed by atoms with Crippen LogP contribution in [0.25, 0.3) is 0 Å². The van der Waals surface area contributed by atoms with Crippen LogP contribution in [-0.4, -0.2) is 22.3 Å². The van der Waals surface area contributed by atoms with Crippen LogP contribution in [0.2, 0.25) is 0 Å². The molecule has 0 radical (unpaired) electrons. The van der Waals surface area contributed by atoms with Gasteiger partial charge in [0.2, 0.25) is 11.8 Å². The second-order valence-corrected chi connectivity index (χ2v) is 6.79. The number of carbonyl (C=O) groups excluding carboxylic acids is 2. The second-order valence-electron chi connectivity index (χ2n) is 6.79. The zero-order valence-corrected chi connectivity index (χ0v) is 11.8. The van der Waals surface area contributed by atoms with E-state index in [1.54, 1.807) is 0 Å². The first-order valence-electron chi connectivity index (χ1n) is 6.73. The van der Waals surface area contributed by atoms with E-state index in [4.69, 9.17) is 0 Å².